The Kier molecular flexibility index (Phi) is 6.35. The van der Waals surface area contributed by atoms with Gasteiger partial charge in [0.05, 0.1) is 0 Å². The molecule has 0 saturated carbocycles. The maximum absolute atomic E-state index is 11.9. The molecular weight excluding hydrogens is 304 g/mol. The van der Waals surface area contributed by atoms with E-state index in [1.807, 2.05) is 32.0 Å². The molecule has 1 rings (SSSR count). The molecule has 4 heteroatoms. The standard InChI is InChI=1S/C15H23BrN2O/c1-10(2)5-6-17-15(19)12(4)18-14-8-11(3)7-13(16)9-14/h7-10,12,18H,5-6H2,1-4H3,(H,17,19). The van der Waals surface area contributed by atoms with Crippen LogP contribution in [0.5, 0.6) is 0 Å². The molecule has 0 aliphatic carbocycles. The third-order valence-electron chi connectivity index (χ3n) is 2.84. The topological polar surface area (TPSA) is 41.1 Å². The van der Waals surface area contributed by atoms with Gasteiger partial charge in [-0.15, -0.1) is 0 Å². The highest BCUT2D eigenvalue weighted by atomic mass is 79.9. The maximum atomic E-state index is 11.9. The van der Waals surface area contributed by atoms with Crippen LogP contribution in [0.3, 0.4) is 0 Å². The number of aryl methyl sites for hydroxylation is 1. The number of benzene rings is 1. The van der Waals surface area contributed by atoms with E-state index >= 15 is 0 Å². The lowest BCUT2D eigenvalue weighted by Gasteiger charge is -2.16. The number of hydrogen-bond acceptors (Lipinski definition) is 2. The highest BCUT2D eigenvalue weighted by Gasteiger charge is 2.12. The summed E-state index contributed by atoms with van der Waals surface area (Å²) >= 11 is 3.46. The minimum atomic E-state index is -0.235. The van der Waals surface area contributed by atoms with Gasteiger partial charge in [-0.2, -0.15) is 0 Å². The Bertz CT molecular complexity index is 412. The first kappa shape index (κ1) is 16.0. The van der Waals surface area contributed by atoms with Gasteiger partial charge in [0, 0.05) is 16.7 Å². The molecule has 1 amide bonds. The van der Waals surface area contributed by atoms with Crippen LogP contribution in [0.4, 0.5) is 5.69 Å². The Balaban J connectivity index is 2.49. The first-order valence-electron chi connectivity index (χ1n) is 6.70. The molecule has 1 atom stereocenters. The predicted molar refractivity (Wildman–Crippen MR) is 84.4 cm³/mol. The van der Waals surface area contributed by atoms with Crippen LogP contribution < -0.4 is 10.6 Å². The van der Waals surface area contributed by atoms with Crippen LogP contribution in [0.2, 0.25) is 0 Å². The smallest absolute Gasteiger partial charge is 0.242 e. The third kappa shape index (κ3) is 6.10. The monoisotopic (exact) mass is 326 g/mol. The van der Waals surface area contributed by atoms with E-state index in [-0.39, 0.29) is 11.9 Å². The fourth-order valence-electron chi connectivity index (χ4n) is 1.77. The molecule has 0 aromatic heterocycles. The summed E-state index contributed by atoms with van der Waals surface area (Å²) in [6, 6.07) is 5.81. The zero-order valence-electron chi connectivity index (χ0n) is 12.1. The van der Waals surface area contributed by atoms with Gasteiger partial charge in [-0.1, -0.05) is 29.8 Å². The number of halogens is 1. The Morgan fingerprint density at radius 1 is 1.26 bits per heavy atom. The Hall–Kier alpha value is -1.03. The van der Waals surface area contributed by atoms with Gasteiger partial charge in [-0.3, -0.25) is 4.79 Å². The SMILES string of the molecule is Cc1cc(Br)cc(NC(C)C(=O)NCCC(C)C)c1. The highest BCUT2D eigenvalue weighted by molar-refractivity contribution is 9.10. The number of nitrogens with one attached hydrogen (secondary N) is 2. The lowest BCUT2D eigenvalue weighted by Crippen LogP contribution is -2.38. The van der Waals surface area contributed by atoms with Crippen molar-refractivity contribution in [2.45, 2.75) is 40.2 Å². The third-order valence-corrected chi connectivity index (χ3v) is 3.30. The molecule has 106 valence electrons. The van der Waals surface area contributed by atoms with Crippen molar-refractivity contribution in [2.24, 2.45) is 5.92 Å². The second-order valence-electron chi connectivity index (χ2n) is 5.36. The van der Waals surface area contributed by atoms with Crippen molar-refractivity contribution in [3.63, 3.8) is 0 Å². The molecule has 19 heavy (non-hydrogen) atoms. The number of carbonyl (C=O) groups is 1. The molecular formula is C15H23BrN2O. The zero-order valence-corrected chi connectivity index (χ0v) is 13.7. The van der Waals surface area contributed by atoms with Gasteiger partial charge in [0.2, 0.25) is 5.91 Å². The fraction of sp³-hybridized carbons (Fsp3) is 0.533. The lowest BCUT2D eigenvalue weighted by atomic mass is 10.1. The summed E-state index contributed by atoms with van der Waals surface area (Å²) in [5, 5.41) is 6.17. The number of hydrogen-bond donors (Lipinski definition) is 2. The van der Waals surface area contributed by atoms with E-state index in [2.05, 4.69) is 40.4 Å². The van der Waals surface area contributed by atoms with Crippen molar-refractivity contribution in [3.8, 4) is 0 Å². The van der Waals surface area contributed by atoms with Crippen molar-refractivity contribution in [3.05, 3.63) is 28.2 Å². The van der Waals surface area contributed by atoms with Crippen molar-refractivity contribution in [1.29, 1.82) is 0 Å². The minimum absolute atomic E-state index is 0.0401. The summed E-state index contributed by atoms with van der Waals surface area (Å²) in [5.41, 5.74) is 2.11. The molecule has 1 aromatic rings. The largest absolute Gasteiger partial charge is 0.374 e. The van der Waals surface area contributed by atoms with Crippen LogP contribution in [0.15, 0.2) is 22.7 Å². The molecule has 0 saturated heterocycles. The first-order chi connectivity index (χ1) is 8.88. The first-order valence-corrected chi connectivity index (χ1v) is 7.49. The number of anilines is 1. The van der Waals surface area contributed by atoms with Crippen molar-refractivity contribution in [1.82, 2.24) is 5.32 Å². The van der Waals surface area contributed by atoms with Gasteiger partial charge >= 0.3 is 0 Å². The molecule has 0 heterocycles. The van der Waals surface area contributed by atoms with Crippen LogP contribution >= 0.6 is 15.9 Å². The second kappa shape index (κ2) is 7.53. The van der Waals surface area contributed by atoms with E-state index < -0.39 is 0 Å². The average Bonchev–Trinajstić information content (AvgIpc) is 2.26. The van der Waals surface area contributed by atoms with Gasteiger partial charge in [-0.25, -0.2) is 0 Å². The van der Waals surface area contributed by atoms with Gasteiger partial charge < -0.3 is 10.6 Å². The molecule has 0 bridgehead atoms. The van der Waals surface area contributed by atoms with Gasteiger partial charge in [0.25, 0.3) is 0 Å². The quantitative estimate of drug-likeness (QED) is 0.836. The van der Waals surface area contributed by atoms with Crippen LogP contribution in [0.1, 0.15) is 32.8 Å². The Labute approximate surface area is 124 Å². The summed E-state index contributed by atoms with van der Waals surface area (Å²) < 4.78 is 1.02. The van der Waals surface area contributed by atoms with Crippen molar-refractivity contribution < 1.29 is 4.79 Å². The van der Waals surface area contributed by atoms with Gasteiger partial charge in [-0.05, 0) is 49.9 Å². The molecule has 0 spiro atoms. The summed E-state index contributed by atoms with van der Waals surface area (Å²) in [4.78, 5) is 11.9. The minimum Gasteiger partial charge on any atom is -0.374 e. The predicted octanol–water partition coefficient (Wildman–Crippen LogP) is 3.72. The van der Waals surface area contributed by atoms with E-state index in [1.54, 1.807) is 0 Å². The average molecular weight is 327 g/mol. The molecule has 0 fully saturated rings. The molecule has 0 aliphatic rings. The fourth-order valence-corrected chi connectivity index (χ4v) is 2.38. The van der Waals surface area contributed by atoms with Crippen molar-refractivity contribution >= 4 is 27.5 Å². The summed E-state index contributed by atoms with van der Waals surface area (Å²) in [7, 11) is 0. The molecule has 1 unspecified atom stereocenters. The lowest BCUT2D eigenvalue weighted by molar-refractivity contribution is -0.121. The van der Waals surface area contributed by atoms with E-state index in [0.717, 1.165) is 28.7 Å². The normalized spacial score (nSPS) is 12.3. The molecule has 1 aromatic carbocycles. The second-order valence-corrected chi connectivity index (χ2v) is 6.27. The van der Waals surface area contributed by atoms with E-state index in [1.165, 1.54) is 0 Å². The molecule has 2 N–H and O–H groups in total. The van der Waals surface area contributed by atoms with Crippen LogP contribution in [-0.4, -0.2) is 18.5 Å². The Morgan fingerprint density at radius 2 is 1.95 bits per heavy atom. The van der Waals surface area contributed by atoms with Gasteiger partial charge in [0.15, 0.2) is 0 Å². The maximum Gasteiger partial charge on any atom is 0.242 e. The molecule has 3 nitrogen and oxygen atoms in total. The van der Waals surface area contributed by atoms with Crippen LogP contribution in [-0.2, 0) is 4.79 Å². The summed E-state index contributed by atoms with van der Waals surface area (Å²) in [5.74, 6) is 0.648. The zero-order chi connectivity index (χ0) is 14.4. The van der Waals surface area contributed by atoms with Crippen molar-refractivity contribution in [2.75, 3.05) is 11.9 Å². The highest BCUT2D eigenvalue weighted by Crippen LogP contribution is 2.19. The van der Waals surface area contributed by atoms with Crippen LogP contribution in [0, 0.1) is 12.8 Å². The summed E-state index contributed by atoms with van der Waals surface area (Å²) in [6.45, 7) is 8.94. The summed E-state index contributed by atoms with van der Waals surface area (Å²) in [6.07, 6.45) is 1.01. The van der Waals surface area contributed by atoms with E-state index in [0.29, 0.717) is 5.92 Å². The number of amides is 1. The van der Waals surface area contributed by atoms with E-state index in [9.17, 15) is 4.79 Å². The number of rotatable bonds is 6. The molecule has 0 aliphatic heterocycles. The van der Waals surface area contributed by atoms with E-state index in [4.69, 9.17) is 0 Å². The van der Waals surface area contributed by atoms with Crippen LogP contribution in [0.25, 0.3) is 0 Å². The van der Waals surface area contributed by atoms with Gasteiger partial charge in [0.1, 0.15) is 6.04 Å². The Morgan fingerprint density at radius 3 is 2.53 bits per heavy atom. The number of carbonyl (C=O) groups excluding carboxylic acids is 1. The molecule has 0 radical (unpaired) electrons.